The molecule has 1 atom stereocenters. The van der Waals surface area contributed by atoms with Crippen LogP contribution < -0.4 is 0 Å². The molecular formula is C21H18FNO3S. The van der Waals surface area contributed by atoms with Crippen LogP contribution in [0.25, 0.3) is 10.1 Å². The topological polar surface area (TPSA) is 46.6 Å². The third-order valence-corrected chi connectivity index (χ3v) is 5.85. The number of amides is 1. The molecule has 1 aromatic heterocycles. The van der Waals surface area contributed by atoms with Gasteiger partial charge in [0.25, 0.3) is 5.91 Å². The molecule has 0 saturated carbocycles. The van der Waals surface area contributed by atoms with E-state index in [0.717, 1.165) is 16.7 Å². The molecule has 4 rings (SSSR count). The Labute approximate surface area is 160 Å². The highest BCUT2D eigenvalue weighted by atomic mass is 32.1. The van der Waals surface area contributed by atoms with Gasteiger partial charge in [-0.15, -0.1) is 11.3 Å². The Balaban J connectivity index is 1.44. The second-order valence-corrected chi connectivity index (χ2v) is 7.70. The molecule has 0 radical (unpaired) electrons. The van der Waals surface area contributed by atoms with E-state index in [9.17, 15) is 14.0 Å². The molecule has 0 saturated heterocycles. The van der Waals surface area contributed by atoms with Gasteiger partial charge in [0.15, 0.2) is 6.10 Å². The number of carbonyl (C=O) groups is 2. The quantitative estimate of drug-likeness (QED) is 0.638. The molecule has 138 valence electrons. The van der Waals surface area contributed by atoms with Gasteiger partial charge in [0.2, 0.25) is 0 Å². The van der Waals surface area contributed by atoms with Crippen molar-refractivity contribution >= 4 is 33.3 Å². The van der Waals surface area contributed by atoms with Crippen molar-refractivity contribution in [3.05, 3.63) is 70.4 Å². The minimum absolute atomic E-state index is 0.204. The summed E-state index contributed by atoms with van der Waals surface area (Å²) in [4.78, 5) is 27.2. The van der Waals surface area contributed by atoms with Gasteiger partial charge < -0.3 is 9.64 Å². The van der Waals surface area contributed by atoms with E-state index in [2.05, 4.69) is 6.07 Å². The number of nitrogens with zero attached hydrogens (tertiary/aromatic N) is 1. The lowest BCUT2D eigenvalue weighted by Gasteiger charge is -2.30. The number of benzene rings is 2. The zero-order chi connectivity index (χ0) is 19.0. The molecule has 4 nitrogen and oxygen atoms in total. The number of rotatable bonds is 3. The third kappa shape index (κ3) is 3.57. The second-order valence-electron chi connectivity index (χ2n) is 6.62. The summed E-state index contributed by atoms with van der Waals surface area (Å²) in [5.74, 6) is -1.12. The average molecular weight is 383 g/mol. The summed E-state index contributed by atoms with van der Waals surface area (Å²) in [6.45, 7) is 2.73. The highest BCUT2D eigenvalue weighted by Crippen LogP contribution is 2.27. The predicted octanol–water partition coefficient (Wildman–Crippen LogP) is 4.17. The molecule has 0 aliphatic carbocycles. The molecule has 0 N–H and O–H groups in total. The van der Waals surface area contributed by atoms with Crippen molar-refractivity contribution in [1.29, 1.82) is 0 Å². The van der Waals surface area contributed by atoms with Crippen molar-refractivity contribution < 1.29 is 18.7 Å². The Morgan fingerprint density at radius 2 is 1.93 bits per heavy atom. The van der Waals surface area contributed by atoms with Gasteiger partial charge in [0.05, 0.1) is 0 Å². The molecular weight excluding hydrogens is 365 g/mol. The number of ether oxygens (including phenoxy) is 1. The van der Waals surface area contributed by atoms with Crippen LogP contribution in [0.4, 0.5) is 4.39 Å². The third-order valence-electron chi connectivity index (χ3n) is 4.75. The van der Waals surface area contributed by atoms with Gasteiger partial charge in [-0.05, 0) is 54.1 Å². The zero-order valence-corrected chi connectivity index (χ0v) is 15.6. The van der Waals surface area contributed by atoms with Crippen molar-refractivity contribution in [2.75, 3.05) is 6.54 Å². The molecule has 0 bridgehead atoms. The number of thiophene rings is 1. The van der Waals surface area contributed by atoms with Gasteiger partial charge >= 0.3 is 5.97 Å². The van der Waals surface area contributed by atoms with Crippen LogP contribution in [0.1, 0.15) is 27.7 Å². The fraction of sp³-hybridized carbons (Fsp3) is 0.238. The Hall–Kier alpha value is -2.73. The molecule has 3 aromatic rings. The van der Waals surface area contributed by atoms with E-state index < -0.39 is 12.1 Å². The molecule has 0 fully saturated rings. The smallest absolute Gasteiger partial charge is 0.349 e. The first kappa shape index (κ1) is 17.7. The van der Waals surface area contributed by atoms with Crippen molar-refractivity contribution in [3.63, 3.8) is 0 Å². The maximum atomic E-state index is 13.3. The van der Waals surface area contributed by atoms with Gasteiger partial charge in [-0.1, -0.05) is 24.3 Å². The number of esters is 1. The first-order chi connectivity index (χ1) is 13.0. The molecule has 0 unspecified atom stereocenters. The lowest BCUT2D eigenvalue weighted by atomic mass is 9.99. The second kappa shape index (κ2) is 7.12. The molecule has 1 aliphatic heterocycles. The Bertz CT molecular complexity index is 1030. The van der Waals surface area contributed by atoms with E-state index in [1.807, 2.05) is 18.2 Å². The molecule has 2 aromatic carbocycles. The monoisotopic (exact) mass is 383 g/mol. The van der Waals surface area contributed by atoms with Gasteiger partial charge in [-0.25, -0.2) is 9.18 Å². The molecule has 27 heavy (non-hydrogen) atoms. The number of hydrogen-bond acceptors (Lipinski definition) is 4. The first-order valence-corrected chi connectivity index (χ1v) is 9.58. The highest BCUT2D eigenvalue weighted by molar-refractivity contribution is 7.20. The van der Waals surface area contributed by atoms with Gasteiger partial charge in [-0.2, -0.15) is 0 Å². The summed E-state index contributed by atoms with van der Waals surface area (Å²) in [6, 6.07) is 14.0. The van der Waals surface area contributed by atoms with E-state index in [1.54, 1.807) is 24.0 Å². The van der Waals surface area contributed by atoms with Crippen LogP contribution in [-0.4, -0.2) is 29.4 Å². The van der Waals surface area contributed by atoms with Crippen LogP contribution in [0.3, 0.4) is 0 Å². The maximum absolute atomic E-state index is 13.3. The van der Waals surface area contributed by atoms with E-state index in [-0.39, 0.29) is 11.7 Å². The lowest BCUT2D eigenvalue weighted by molar-refractivity contribution is -0.140. The molecule has 1 aliphatic rings. The van der Waals surface area contributed by atoms with Crippen LogP contribution >= 0.6 is 11.3 Å². The molecule has 0 spiro atoms. The largest absolute Gasteiger partial charge is 0.448 e. The Morgan fingerprint density at radius 1 is 1.15 bits per heavy atom. The van der Waals surface area contributed by atoms with Crippen LogP contribution in [0.5, 0.6) is 0 Å². The first-order valence-electron chi connectivity index (χ1n) is 8.77. The summed E-state index contributed by atoms with van der Waals surface area (Å²) in [7, 11) is 0. The summed E-state index contributed by atoms with van der Waals surface area (Å²) in [5, 5.41) is 0.651. The van der Waals surface area contributed by atoms with Crippen LogP contribution in [-0.2, 0) is 22.5 Å². The summed E-state index contributed by atoms with van der Waals surface area (Å²) in [5.41, 5.74) is 2.38. The maximum Gasteiger partial charge on any atom is 0.349 e. The van der Waals surface area contributed by atoms with Crippen LogP contribution in [0, 0.1) is 5.82 Å². The van der Waals surface area contributed by atoms with E-state index in [1.165, 1.54) is 29.0 Å². The van der Waals surface area contributed by atoms with Gasteiger partial charge in [0.1, 0.15) is 10.7 Å². The van der Waals surface area contributed by atoms with E-state index in [0.29, 0.717) is 23.4 Å². The lowest BCUT2D eigenvalue weighted by Crippen LogP contribution is -2.42. The highest BCUT2D eigenvalue weighted by Gasteiger charge is 2.27. The Kier molecular flexibility index (Phi) is 4.66. The van der Waals surface area contributed by atoms with E-state index >= 15 is 0 Å². The molecule has 2 heterocycles. The predicted molar refractivity (Wildman–Crippen MR) is 102 cm³/mol. The normalized spacial score (nSPS) is 14.7. The average Bonchev–Trinajstić information content (AvgIpc) is 3.10. The van der Waals surface area contributed by atoms with Crippen LogP contribution in [0.15, 0.2) is 48.5 Å². The fourth-order valence-electron chi connectivity index (χ4n) is 3.32. The summed E-state index contributed by atoms with van der Waals surface area (Å²) in [6.07, 6.45) is -0.0745. The van der Waals surface area contributed by atoms with Crippen molar-refractivity contribution in [2.24, 2.45) is 0 Å². The zero-order valence-electron chi connectivity index (χ0n) is 14.8. The minimum Gasteiger partial charge on any atom is -0.448 e. The number of halogens is 1. The number of carbonyl (C=O) groups excluding carboxylic acids is 2. The molecule has 6 heteroatoms. The fourth-order valence-corrected chi connectivity index (χ4v) is 4.25. The molecule has 1 amide bonds. The van der Waals surface area contributed by atoms with Gasteiger partial charge in [0, 0.05) is 17.8 Å². The van der Waals surface area contributed by atoms with Crippen LogP contribution in [0.2, 0.25) is 0 Å². The van der Waals surface area contributed by atoms with Crippen molar-refractivity contribution in [3.8, 4) is 0 Å². The Morgan fingerprint density at radius 3 is 2.74 bits per heavy atom. The minimum atomic E-state index is -0.871. The SMILES string of the molecule is C[C@@H](OC(=O)c1cc2cc(F)ccc2s1)C(=O)N1CCc2ccccc2C1. The summed E-state index contributed by atoms with van der Waals surface area (Å²) < 4.78 is 19.5. The van der Waals surface area contributed by atoms with Crippen molar-refractivity contribution in [1.82, 2.24) is 4.90 Å². The standard InChI is InChI=1S/C21H18FNO3S/c1-13(20(24)23-9-8-14-4-2-3-5-15(14)12-23)26-21(25)19-11-16-10-17(22)6-7-18(16)27-19/h2-7,10-11,13H,8-9,12H2,1H3/t13-/m1/s1. The van der Waals surface area contributed by atoms with Gasteiger partial charge in [-0.3, -0.25) is 4.79 Å². The van der Waals surface area contributed by atoms with E-state index in [4.69, 9.17) is 4.74 Å². The number of fused-ring (bicyclic) bond motifs is 2. The number of hydrogen-bond donors (Lipinski definition) is 0. The van der Waals surface area contributed by atoms with Crippen molar-refractivity contribution in [2.45, 2.75) is 26.0 Å². The summed E-state index contributed by atoms with van der Waals surface area (Å²) >= 11 is 1.23.